The standard InChI is InChI=1S/C14H17NO/c1-11(16)9-15-10-12-6-7-13-4-2-3-5-14(13)8-12/h2-8,11,15-16H,9-10H2,1H3/t11-/m1/s1. The predicted molar refractivity (Wildman–Crippen MR) is 67.3 cm³/mol. The zero-order chi connectivity index (χ0) is 11.4. The fraction of sp³-hybridized carbons (Fsp3) is 0.286. The second kappa shape index (κ2) is 5.10. The van der Waals surface area contributed by atoms with Crippen molar-refractivity contribution in [1.29, 1.82) is 0 Å². The maximum absolute atomic E-state index is 9.14. The van der Waals surface area contributed by atoms with Crippen LogP contribution in [0.5, 0.6) is 0 Å². The third kappa shape index (κ3) is 2.81. The lowest BCUT2D eigenvalue weighted by Gasteiger charge is -2.07. The van der Waals surface area contributed by atoms with E-state index in [-0.39, 0.29) is 6.10 Å². The van der Waals surface area contributed by atoms with E-state index in [2.05, 4.69) is 41.7 Å². The Morgan fingerprint density at radius 1 is 1.12 bits per heavy atom. The van der Waals surface area contributed by atoms with E-state index in [0.29, 0.717) is 6.54 Å². The fourth-order valence-electron chi connectivity index (χ4n) is 1.77. The van der Waals surface area contributed by atoms with Crippen LogP contribution in [0.1, 0.15) is 12.5 Å². The lowest BCUT2D eigenvalue weighted by molar-refractivity contribution is 0.191. The van der Waals surface area contributed by atoms with Gasteiger partial charge in [0.05, 0.1) is 6.10 Å². The minimum Gasteiger partial charge on any atom is -0.392 e. The molecule has 84 valence electrons. The molecule has 0 unspecified atom stereocenters. The summed E-state index contributed by atoms with van der Waals surface area (Å²) in [6.45, 7) is 3.22. The summed E-state index contributed by atoms with van der Waals surface area (Å²) in [5.41, 5.74) is 1.25. The summed E-state index contributed by atoms with van der Waals surface area (Å²) >= 11 is 0. The van der Waals surface area contributed by atoms with E-state index in [9.17, 15) is 0 Å². The number of nitrogens with one attached hydrogen (secondary N) is 1. The number of hydrogen-bond donors (Lipinski definition) is 2. The van der Waals surface area contributed by atoms with Gasteiger partial charge in [0.25, 0.3) is 0 Å². The Bertz CT molecular complexity index is 465. The summed E-state index contributed by atoms with van der Waals surface area (Å²) in [4.78, 5) is 0. The highest BCUT2D eigenvalue weighted by molar-refractivity contribution is 5.82. The van der Waals surface area contributed by atoms with Gasteiger partial charge in [-0.3, -0.25) is 0 Å². The highest BCUT2D eigenvalue weighted by Gasteiger charge is 1.97. The second-order valence-corrected chi connectivity index (χ2v) is 4.16. The maximum Gasteiger partial charge on any atom is 0.0636 e. The molecule has 1 atom stereocenters. The zero-order valence-corrected chi connectivity index (χ0v) is 9.48. The molecule has 0 amide bonds. The van der Waals surface area contributed by atoms with Crippen LogP contribution in [0.4, 0.5) is 0 Å². The van der Waals surface area contributed by atoms with Crippen molar-refractivity contribution in [3.63, 3.8) is 0 Å². The number of aliphatic hydroxyl groups is 1. The zero-order valence-electron chi connectivity index (χ0n) is 9.48. The second-order valence-electron chi connectivity index (χ2n) is 4.16. The summed E-state index contributed by atoms with van der Waals surface area (Å²) < 4.78 is 0. The number of benzene rings is 2. The summed E-state index contributed by atoms with van der Waals surface area (Å²) in [5, 5.41) is 14.9. The van der Waals surface area contributed by atoms with Crippen LogP contribution in [0.2, 0.25) is 0 Å². The first-order valence-corrected chi connectivity index (χ1v) is 5.62. The molecule has 0 heterocycles. The molecule has 0 spiro atoms. The van der Waals surface area contributed by atoms with Gasteiger partial charge in [-0.1, -0.05) is 36.4 Å². The first-order chi connectivity index (χ1) is 7.75. The Morgan fingerprint density at radius 3 is 2.62 bits per heavy atom. The molecule has 0 radical (unpaired) electrons. The van der Waals surface area contributed by atoms with Gasteiger partial charge in [0.2, 0.25) is 0 Å². The van der Waals surface area contributed by atoms with E-state index >= 15 is 0 Å². The third-order valence-corrected chi connectivity index (χ3v) is 2.58. The Labute approximate surface area is 95.9 Å². The lowest BCUT2D eigenvalue weighted by atomic mass is 10.1. The Morgan fingerprint density at radius 2 is 1.88 bits per heavy atom. The van der Waals surface area contributed by atoms with E-state index < -0.39 is 0 Å². The Kier molecular flexibility index (Phi) is 3.54. The molecule has 2 aromatic carbocycles. The smallest absolute Gasteiger partial charge is 0.0636 e. The van der Waals surface area contributed by atoms with Gasteiger partial charge in [0, 0.05) is 13.1 Å². The van der Waals surface area contributed by atoms with E-state index in [4.69, 9.17) is 5.11 Å². The summed E-state index contributed by atoms with van der Waals surface area (Å²) in [6, 6.07) is 14.8. The molecule has 0 aliphatic carbocycles. The van der Waals surface area contributed by atoms with E-state index in [1.54, 1.807) is 6.92 Å². The fourth-order valence-corrected chi connectivity index (χ4v) is 1.77. The van der Waals surface area contributed by atoms with Crippen LogP contribution >= 0.6 is 0 Å². The molecular formula is C14H17NO. The first-order valence-electron chi connectivity index (χ1n) is 5.62. The van der Waals surface area contributed by atoms with Crippen LogP contribution < -0.4 is 5.32 Å². The van der Waals surface area contributed by atoms with Crippen molar-refractivity contribution in [3.8, 4) is 0 Å². The highest BCUT2D eigenvalue weighted by Crippen LogP contribution is 2.15. The molecule has 0 aliphatic rings. The van der Waals surface area contributed by atoms with Crippen molar-refractivity contribution in [2.45, 2.75) is 19.6 Å². The van der Waals surface area contributed by atoms with Crippen molar-refractivity contribution in [1.82, 2.24) is 5.32 Å². The molecular weight excluding hydrogens is 198 g/mol. The molecule has 16 heavy (non-hydrogen) atoms. The predicted octanol–water partition coefficient (Wildman–Crippen LogP) is 2.31. The lowest BCUT2D eigenvalue weighted by Crippen LogP contribution is -2.23. The number of fused-ring (bicyclic) bond motifs is 1. The maximum atomic E-state index is 9.14. The normalized spacial score (nSPS) is 12.9. The summed E-state index contributed by atoms with van der Waals surface area (Å²) in [6.07, 6.45) is -0.291. The van der Waals surface area contributed by atoms with Gasteiger partial charge in [-0.05, 0) is 29.3 Å². The van der Waals surface area contributed by atoms with Gasteiger partial charge < -0.3 is 10.4 Å². The van der Waals surface area contributed by atoms with Crippen LogP contribution in [0.3, 0.4) is 0 Å². The van der Waals surface area contributed by atoms with E-state index in [1.807, 2.05) is 6.07 Å². The molecule has 0 saturated heterocycles. The average Bonchev–Trinajstić information content (AvgIpc) is 2.28. The van der Waals surface area contributed by atoms with Crippen LogP contribution in [0.25, 0.3) is 10.8 Å². The molecule has 0 aromatic heterocycles. The molecule has 2 nitrogen and oxygen atoms in total. The van der Waals surface area contributed by atoms with Crippen LogP contribution in [-0.4, -0.2) is 17.8 Å². The quantitative estimate of drug-likeness (QED) is 0.820. The van der Waals surface area contributed by atoms with Gasteiger partial charge in [-0.25, -0.2) is 0 Å². The van der Waals surface area contributed by atoms with Crippen molar-refractivity contribution < 1.29 is 5.11 Å². The SMILES string of the molecule is C[C@@H](O)CNCc1ccc2ccccc2c1. The molecule has 2 rings (SSSR count). The van der Waals surface area contributed by atoms with Crippen molar-refractivity contribution in [2.75, 3.05) is 6.54 Å². The average molecular weight is 215 g/mol. The number of rotatable bonds is 4. The minimum atomic E-state index is -0.291. The van der Waals surface area contributed by atoms with E-state index in [1.165, 1.54) is 16.3 Å². The Hall–Kier alpha value is -1.38. The molecule has 2 N–H and O–H groups in total. The third-order valence-electron chi connectivity index (χ3n) is 2.58. The first kappa shape index (κ1) is 11.1. The van der Waals surface area contributed by atoms with Gasteiger partial charge in [0.1, 0.15) is 0 Å². The summed E-state index contributed by atoms with van der Waals surface area (Å²) in [7, 11) is 0. The largest absolute Gasteiger partial charge is 0.392 e. The monoisotopic (exact) mass is 215 g/mol. The van der Waals surface area contributed by atoms with Gasteiger partial charge in [-0.15, -0.1) is 0 Å². The van der Waals surface area contributed by atoms with Crippen molar-refractivity contribution >= 4 is 10.8 Å². The van der Waals surface area contributed by atoms with Crippen molar-refractivity contribution in [3.05, 3.63) is 48.0 Å². The molecule has 0 fully saturated rings. The molecule has 0 bridgehead atoms. The molecule has 2 heteroatoms. The van der Waals surface area contributed by atoms with Gasteiger partial charge in [-0.2, -0.15) is 0 Å². The number of aliphatic hydroxyl groups excluding tert-OH is 1. The van der Waals surface area contributed by atoms with Gasteiger partial charge in [0.15, 0.2) is 0 Å². The summed E-state index contributed by atoms with van der Waals surface area (Å²) in [5.74, 6) is 0. The molecule has 0 aliphatic heterocycles. The minimum absolute atomic E-state index is 0.291. The van der Waals surface area contributed by atoms with Gasteiger partial charge >= 0.3 is 0 Å². The number of hydrogen-bond acceptors (Lipinski definition) is 2. The topological polar surface area (TPSA) is 32.3 Å². The highest BCUT2D eigenvalue weighted by atomic mass is 16.3. The van der Waals surface area contributed by atoms with Crippen LogP contribution in [0, 0.1) is 0 Å². The van der Waals surface area contributed by atoms with Crippen LogP contribution in [0.15, 0.2) is 42.5 Å². The van der Waals surface area contributed by atoms with E-state index in [0.717, 1.165) is 6.54 Å². The Balaban J connectivity index is 2.08. The van der Waals surface area contributed by atoms with Crippen molar-refractivity contribution in [2.24, 2.45) is 0 Å². The van der Waals surface area contributed by atoms with Crippen LogP contribution in [-0.2, 0) is 6.54 Å². The molecule has 2 aromatic rings. The molecule has 0 saturated carbocycles.